The molecule has 4 rings (SSSR count). The number of aryl methyl sites for hydroxylation is 1. The van der Waals surface area contributed by atoms with Crippen molar-refractivity contribution in [2.75, 3.05) is 11.9 Å². The highest BCUT2D eigenvalue weighted by Gasteiger charge is 2.28. The lowest BCUT2D eigenvalue weighted by Crippen LogP contribution is -2.46. The fourth-order valence-corrected chi connectivity index (χ4v) is 5.11. The van der Waals surface area contributed by atoms with Crippen molar-refractivity contribution in [1.82, 2.24) is 5.32 Å². The molecule has 2 heterocycles. The van der Waals surface area contributed by atoms with Gasteiger partial charge in [-0.15, -0.1) is 22.7 Å². The summed E-state index contributed by atoms with van der Waals surface area (Å²) in [6, 6.07) is 20.1. The minimum atomic E-state index is -1.09. The molecule has 35 heavy (non-hydrogen) atoms. The Hall–Kier alpha value is -3.75. The normalized spacial score (nSPS) is 11.5. The van der Waals surface area contributed by atoms with Gasteiger partial charge in [-0.25, -0.2) is 4.79 Å². The first-order chi connectivity index (χ1) is 17.0. The summed E-state index contributed by atoms with van der Waals surface area (Å²) >= 11 is 2.56. The molecule has 0 radical (unpaired) electrons. The van der Waals surface area contributed by atoms with Gasteiger partial charge in [0.1, 0.15) is 10.6 Å². The van der Waals surface area contributed by atoms with E-state index in [2.05, 4.69) is 10.6 Å². The maximum atomic E-state index is 13.5. The van der Waals surface area contributed by atoms with E-state index in [-0.39, 0.29) is 18.3 Å². The Morgan fingerprint density at radius 2 is 1.69 bits per heavy atom. The predicted octanol–water partition coefficient (Wildman–Crippen LogP) is 6.01. The number of carbonyl (C=O) groups is 3. The molecule has 0 fully saturated rings. The maximum Gasteiger partial charge on any atom is 0.341 e. The number of ketones is 1. The van der Waals surface area contributed by atoms with E-state index in [1.54, 1.807) is 36.6 Å². The quantitative estimate of drug-likeness (QED) is 0.166. The van der Waals surface area contributed by atoms with Crippen LogP contribution in [-0.4, -0.2) is 30.4 Å². The zero-order chi connectivity index (χ0) is 24.8. The van der Waals surface area contributed by atoms with Crippen LogP contribution in [0.2, 0.25) is 0 Å². The van der Waals surface area contributed by atoms with Crippen molar-refractivity contribution >= 4 is 45.3 Å². The lowest BCUT2D eigenvalue weighted by atomic mass is 10.0. The molecule has 6 nitrogen and oxygen atoms in total. The van der Waals surface area contributed by atoms with Crippen LogP contribution in [0, 0.1) is 6.92 Å². The van der Waals surface area contributed by atoms with Crippen LogP contribution in [0.5, 0.6) is 0 Å². The minimum absolute atomic E-state index is 0.211. The van der Waals surface area contributed by atoms with Gasteiger partial charge >= 0.3 is 5.97 Å². The van der Waals surface area contributed by atoms with E-state index >= 15 is 0 Å². The van der Waals surface area contributed by atoms with Crippen LogP contribution in [0.15, 0.2) is 77.5 Å². The third-order valence-corrected chi connectivity index (χ3v) is 7.03. The summed E-state index contributed by atoms with van der Waals surface area (Å²) in [4.78, 5) is 39.8. The zero-order valence-corrected chi connectivity index (χ0v) is 20.9. The van der Waals surface area contributed by atoms with Gasteiger partial charge in [0, 0.05) is 16.5 Å². The molecule has 0 saturated carbocycles. The van der Waals surface area contributed by atoms with Crippen LogP contribution >= 0.6 is 22.7 Å². The third kappa shape index (κ3) is 5.67. The Balaban J connectivity index is 1.72. The van der Waals surface area contributed by atoms with Gasteiger partial charge in [-0.05, 0) is 30.9 Å². The average molecular weight is 505 g/mol. The van der Waals surface area contributed by atoms with Crippen molar-refractivity contribution in [3.63, 3.8) is 0 Å². The van der Waals surface area contributed by atoms with E-state index in [4.69, 9.17) is 4.74 Å². The minimum Gasteiger partial charge on any atom is -0.462 e. The summed E-state index contributed by atoms with van der Waals surface area (Å²) in [5, 5.41) is 10.0. The zero-order valence-electron chi connectivity index (χ0n) is 19.2. The Morgan fingerprint density at radius 3 is 2.34 bits per heavy atom. The summed E-state index contributed by atoms with van der Waals surface area (Å²) in [5.74, 6) is -1.20. The van der Waals surface area contributed by atoms with Crippen molar-refractivity contribution in [2.24, 2.45) is 0 Å². The molecule has 0 aliphatic rings. The molecule has 2 aromatic carbocycles. The highest BCUT2D eigenvalue weighted by molar-refractivity contribution is 7.15. The molecule has 0 spiro atoms. The average Bonchev–Trinajstić information content (AvgIpc) is 3.55. The number of esters is 1. The van der Waals surface area contributed by atoms with Crippen LogP contribution in [0.25, 0.3) is 11.1 Å². The Labute approximate surface area is 211 Å². The summed E-state index contributed by atoms with van der Waals surface area (Å²) in [6.07, 6.45) is -1.09. The fourth-order valence-electron chi connectivity index (χ4n) is 3.49. The van der Waals surface area contributed by atoms with Gasteiger partial charge in [-0.2, -0.15) is 0 Å². The molecule has 1 atom stereocenters. The summed E-state index contributed by atoms with van der Waals surface area (Å²) in [6.45, 7) is 3.89. The van der Waals surface area contributed by atoms with Crippen molar-refractivity contribution in [1.29, 1.82) is 0 Å². The second-order valence-electron chi connectivity index (χ2n) is 7.70. The first-order valence-electron chi connectivity index (χ1n) is 11.0. The molecular formula is C27H24N2O4S2. The number of Topliss-reactive ketones (excluding diaryl/α,β-unsaturated/α-hetero) is 1. The van der Waals surface area contributed by atoms with Crippen LogP contribution in [0.4, 0.5) is 5.00 Å². The number of amides is 1. The lowest BCUT2D eigenvalue weighted by molar-refractivity contribution is 0.0528. The fraction of sp³-hybridized carbons (Fsp3) is 0.148. The Kier molecular flexibility index (Phi) is 7.74. The topological polar surface area (TPSA) is 84.5 Å². The third-order valence-electron chi connectivity index (χ3n) is 5.25. The molecule has 2 aromatic heterocycles. The van der Waals surface area contributed by atoms with Gasteiger partial charge < -0.3 is 15.4 Å². The van der Waals surface area contributed by atoms with Crippen LogP contribution in [0.3, 0.4) is 0 Å². The maximum absolute atomic E-state index is 13.5. The van der Waals surface area contributed by atoms with Crippen molar-refractivity contribution in [2.45, 2.75) is 20.0 Å². The van der Waals surface area contributed by atoms with Crippen molar-refractivity contribution in [3.8, 4) is 11.1 Å². The number of ether oxygens (including phenoxy) is 1. The number of thiophene rings is 2. The lowest BCUT2D eigenvalue weighted by Gasteiger charge is -2.20. The van der Waals surface area contributed by atoms with Gasteiger partial charge in [0.25, 0.3) is 5.91 Å². The van der Waals surface area contributed by atoms with Gasteiger partial charge in [0.2, 0.25) is 5.78 Å². The van der Waals surface area contributed by atoms with E-state index < -0.39 is 12.1 Å². The van der Waals surface area contributed by atoms with E-state index in [1.807, 2.05) is 54.8 Å². The number of hydrogen-bond donors (Lipinski definition) is 2. The van der Waals surface area contributed by atoms with Crippen molar-refractivity contribution in [3.05, 3.63) is 99.1 Å². The summed E-state index contributed by atoms with van der Waals surface area (Å²) in [7, 11) is 0. The first-order valence-corrected chi connectivity index (χ1v) is 12.8. The molecule has 178 valence electrons. The van der Waals surface area contributed by atoms with Crippen LogP contribution in [0.1, 0.15) is 42.9 Å². The largest absolute Gasteiger partial charge is 0.462 e. The summed E-state index contributed by atoms with van der Waals surface area (Å²) < 4.78 is 5.33. The molecule has 4 aromatic rings. The van der Waals surface area contributed by atoms with Gasteiger partial charge in [0.05, 0.1) is 11.5 Å². The number of carbonyl (C=O) groups excluding carboxylic acids is 3. The number of benzene rings is 2. The first kappa shape index (κ1) is 24.4. The van der Waals surface area contributed by atoms with Gasteiger partial charge in [0.15, 0.2) is 6.17 Å². The standard InChI is InChI=1S/C27H24N2O4S2/c1-3-33-27(32)22-20(18-8-5-4-6-9-18)16-35-26(22)29-24(28-25(31)21-10-7-15-34-21)23(30)19-13-11-17(2)12-14-19/h4-16,24,29H,3H2,1-2H3,(H,28,31)/t24-/m0/s1. The molecule has 8 heteroatoms. The highest BCUT2D eigenvalue weighted by Crippen LogP contribution is 2.36. The molecule has 0 bridgehead atoms. The molecule has 0 unspecified atom stereocenters. The van der Waals surface area contributed by atoms with E-state index in [1.165, 1.54) is 22.7 Å². The second kappa shape index (κ2) is 11.1. The molecule has 0 aliphatic heterocycles. The SMILES string of the molecule is CCOC(=O)c1c(-c2ccccc2)csc1N[C@H](NC(=O)c1cccs1)C(=O)c1ccc(C)cc1. The number of anilines is 1. The number of nitrogens with one attached hydrogen (secondary N) is 2. The van der Waals surface area contributed by atoms with Gasteiger partial charge in [-0.1, -0.05) is 66.2 Å². The van der Waals surface area contributed by atoms with E-state index in [0.717, 1.165) is 11.1 Å². The van der Waals surface area contributed by atoms with Crippen LogP contribution in [-0.2, 0) is 4.74 Å². The molecule has 0 saturated heterocycles. The Morgan fingerprint density at radius 1 is 0.943 bits per heavy atom. The summed E-state index contributed by atoms with van der Waals surface area (Å²) in [5.41, 5.74) is 3.34. The molecule has 1 amide bonds. The van der Waals surface area contributed by atoms with E-state index in [9.17, 15) is 14.4 Å². The number of rotatable bonds is 9. The molecular weight excluding hydrogens is 480 g/mol. The van der Waals surface area contributed by atoms with Gasteiger partial charge in [-0.3, -0.25) is 9.59 Å². The van der Waals surface area contributed by atoms with E-state index in [0.29, 0.717) is 26.6 Å². The molecule has 2 N–H and O–H groups in total. The second-order valence-corrected chi connectivity index (χ2v) is 9.53. The predicted molar refractivity (Wildman–Crippen MR) is 140 cm³/mol. The molecule has 0 aliphatic carbocycles. The van der Waals surface area contributed by atoms with Crippen LogP contribution < -0.4 is 10.6 Å². The number of hydrogen-bond acceptors (Lipinski definition) is 7. The monoisotopic (exact) mass is 504 g/mol. The van der Waals surface area contributed by atoms with Crippen molar-refractivity contribution < 1.29 is 19.1 Å². The smallest absolute Gasteiger partial charge is 0.341 e. The highest BCUT2D eigenvalue weighted by atomic mass is 32.1. The Bertz CT molecular complexity index is 1310.